The highest BCUT2D eigenvalue weighted by molar-refractivity contribution is 9.10. The van der Waals surface area contributed by atoms with E-state index in [0.29, 0.717) is 20.9 Å². The largest absolute Gasteiger partial charge is 0.481 e. The predicted molar refractivity (Wildman–Crippen MR) is 62.8 cm³/mol. The van der Waals surface area contributed by atoms with E-state index in [1.165, 1.54) is 0 Å². The number of hydrogen-bond acceptors (Lipinski definition) is 2. The van der Waals surface area contributed by atoms with Crippen LogP contribution in [0.15, 0.2) is 16.6 Å². The van der Waals surface area contributed by atoms with Crippen molar-refractivity contribution in [1.82, 2.24) is 0 Å². The van der Waals surface area contributed by atoms with Crippen LogP contribution in [-0.2, 0) is 16.5 Å². The van der Waals surface area contributed by atoms with E-state index in [4.69, 9.17) is 10.4 Å². The Labute approximate surface area is 104 Å². The molecule has 0 fully saturated rings. The third-order valence-corrected chi connectivity index (χ3v) is 3.11. The fraction of sp³-hybridized carbons (Fsp3) is 0.200. The van der Waals surface area contributed by atoms with Gasteiger partial charge in [0.25, 0.3) is 0 Å². The molecule has 3 nitrogen and oxygen atoms in total. The predicted octanol–water partition coefficient (Wildman–Crippen LogP) is 2.84. The zero-order valence-electron chi connectivity index (χ0n) is 7.63. The third-order valence-electron chi connectivity index (χ3n) is 1.84. The highest BCUT2D eigenvalue weighted by atomic mass is 79.9. The number of carboxylic acids is 1. The van der Waals surface area contributed by atoms with Gasteiger partial charge in [0.1, 0.15) is 6.07 Å². The Kier molecular flexibility index (Phi) is 4.30. The fourth-order valence-corrected chi connectivity index (χ4v) is 2.19. The van der Waals surface area contributed by atoms with E-state index in [9.17, 15) is 4.79 Å². The molecule has 1 aromatic carbocycles. The van der Waals surface area contributed by atoms with Crippen LogP contribution in [0.4, 0.5) is 0 Å². The first-order valence-corrected chi connectivity index (χ1v) is 5.99. The normalized spacial score (nSPS) is 9.67. The molecule has 0 bridgehead atoms. The summed E-state index contributed by atoms with van der Waals surface area (Å²) in [5, 5.41) is 18.2. The molecule has 78 valence electrons. The summed E-state index contributed by atoms with van der Waals surface area (Å²) in [5.41, 5.74) is 1.87. The first-order chi connectivity index (χ1) is 7.08. The molecule has 0 radical (unpaired) electrons. The molecule has 0 aliphatic heterocycles. The van der Waals surface area contributed by atoms with Gasteiger partial charge in [-0.1, -0.05) is 22.0 Å². The van der Waals surface area contributed by atoms with Gasteiger partial charge in [0.05, 0.1) is 12.0 Å². The summed E-state index contributed by atoms with van der Waals surface area (Å²) < 4.78 is 0.637. The zero-order valence-corrected chi connectivity index (χ0v) is 10.8. The molecular weight excluding hydrogens is 326 g/mol. The van der Waals surface area contributed by atoms with E-state index in [1.807, 2.05) is 6.07 Å². The van der Waals surface area contributed by atoms with Gasteiger partial charge < -0.3 is 5.11 Å². The Morgan fingerprint density at radius 3 is 2.67 bits per heavy atom. The van der Waals surface area contributed by atoms with Crippen LogP contribution in [0.1, 0.15) is 16.7 Å². The van der Waals surface area contributed by atoms with Crippen LogP contribution in [0.25, 0.3) is 0 Å². The standard InChI is InChI=1S/C10H7Br2NO2/c11-4-6-1-7(3-10(14)15)8(5-13)9(12)2-6/h1-2H,3-4H2,(H,14,15). The van der Waals surface area contributed by atoms with Crippen LogP contribution in [0.3, 0.4) is 0 Å². The molecule has 0 heterocycles. The van der Waals surface area contributed by atoms with Gasteiger partial charge in [0.15, 0.2) is 0 Å². The van der Waals surface area contributed by atoms with Crippen molar-refractivity contribution in [3.05, 3.63) is 33.3 Å². The second kappa shape index (κ2) is 5.29. The van der Waals surface area contributed by atoms with Crippen molar-refractivity contribution in [1.29, 1.82) is 5.26 Å². The van der Waals surface area contributed by atoms with Gasteiger partial charge in [-0.25, -0.2) is 0 Å². The summed E-state index contributed by atoms with van der Waals surface area (Å²) in [6, 6.07) is 5.53. The van der Waals surface area contributed by atoms with Crippen molar-refractivity contribution >= 4 is 37.8 Å². The number of rotatable bonds is 3. The molecule has 0 saturated heterocycles. The smallest absolute Gasteiger partial charge is 0.307 e. The number of benzene rings is 1. The highest BCUT2D eigenvalue weighted by Gasteiger charge is 2.11. The van der Waals surface area contributed by atoms with Gasteiger partial charge >= 0.3 is 5.97 Å². The number of carboxylic acid groups (broad SMARTS) is 1. The van der Waals surface area contributed by atoms with Crippen LogP contribution < -0.4 is 0 Å². The average molecular weight is 333 g/mol. The molecule has 0 saturated carbocycles. The van der Waals surface area contributed by atoms with E-state index in [1.54, 1.807) is 12.1 Å². The summed E-state index contributed by atoms with van der Waals surface area (Å²) >= 11 is 6.54. The Morgan fingerprint density at radius 1 is 1.53 bits per heavy atom. The molecule has 0 unspecified atom stereocenters. The van der Waals surface area contributed by atoms with Crippen molar-refractivity contribution in [2.24, 2.45) is 0 Å². The van der Waals surface area contributed by atoms with Crippen LogP contribution >= 0.6 is 31.9 Å². The van der Waals surface area contributed by atoms with E-state index in [0.717, 1.165) is 5.56 Å². The van der Waals surface area contributed by atoms with Crippen molar-refractivity contribution < 1.29 is 9.90 Å². The summed E-state index contributed by atoms with van der Waals surface area (Å²) in [7, 11) is 0. The van der Waals surface area contributed by atoms with Crippen LogP contribution in [-0.4, -0.2) is 11.1 Å². The molecule has 0 atom stereocenters. The molecule has 5 heteroatoms. The number of hydrogen-bond donors (Lipinski definition) is 1. The topological polar surface area (TPSA) is 61.1 Å². The molecule has 0 aliphatic carbocycles. The van der Waals surface area contributed by atoms with Gasteiger partial charge in [0.2, 0.25) is 0 Å². The van der Waals surface area contributed by atoms with Gasteiger partial charge in [-0.3, -0.25) is 4.79 Å². The van der Waals surface area contributed by atoms with E-state index < -0.39 is 5.97 Å². The average Bonchev–Trinajstić information content (AvgIpc) is 2.16. The minimum absolute atomic E-state index is 0.137. The molecule has 1 aromatic rings. The molecule has 0 aliphatic rings. The lowest BCUT2D eigenvalue weighted by atomic mass is 10.0. The van der Waals surface area contributed by atoms with E-state index in [-0.39, 0.29) is 6.42 Å². The quantitative estimate of drug-likeness (QED) is 0.866. The Hall–Kier alpha value is -0.860. The lowest BCUT2D eigenvalue weighted by molar-refractivity contribution is -0.136. The Balaban J connectivity index is 3.27. The van der Waals surface area contributed by atoms with Crippen LogP contribution in [0, 0.1) is 11.3 Å². The van der Waals surface area contributed by atoms with Crippen LogP contribution in [0.5, 0.6) is 0 Å². The molecule has 1 rings (SSSR count). The summed E-state index contributed by atoms with van der Waals surface area (Å²) in [6.45, 7) is 0. The summed E-state index contributed by atoms with van der Waals surface area (Å²) in [5.74, 6) is -0.940. The lowest BCUT2D eigenvalue weighted by Gasteiger charge is -2.06. The second-order valence-electron chi connectivity index (χ2n) is 2.93. The van der Waals surface area contributed by atoms with Crippen molar-refractivity contribution in [3.8, 4) is 6.07 Å². The lowest BCUT2D eigenvalue weighted by Crippen LogP contribution is -2.03. The van der Waals surface area contributed by atoms with Gasteiger partial charge in [-0.05, 0) is 33.1 Å². The number of carbonyl (C=O) groups is 1. The Morgan fingerprint density at radius 2 is 2.20 bits per heavy atom. The molecule has 0 amide bonds. The number of alkyl halides is 1. The van der Waals surface area contributed by atoms with Crippen molar-refractivity contribution in [3.63, 3.8) is 0 Å². The summed E-state index contributed by atoms with van der Waals surface area (Å²) in [4.78, 5) is 10.6. The zero-order chi connectivity index (χ0) is 11.4. The first kappa shape index (κ1) is 12.2. The number of halogens is 2. The second-order valence-corrected chi connectivity index (χ2v) is 4.34. The first-order valence-electron chi connectivity index (χ1n) is 4.07. The maximum Gasteiger partial charge on any atom is 0.307 e. The minimum Gasteiger partial charge on any atom is -0.481 e. The van der Waals surface area contributed by atoms with E-state index in [2.05, 4.69) is 31.9 Å². The highest BCUT2D eigenvalue weighted by Crippen LogP contribution is 2.24. The van der Waals surface area contributed by atoms with E-state index >= 15 is 0 Å². The maximum absolute atomic E-state index is 10.6. The van der Waals surface area contributed by atoms with Gasteiger partial charge in [-0.2, -0.15) is 5.26 Å². The monoisotopic (exact) mass is 331 g/mol. The maximum atomic E-state index is 10.6. The van der Waals surface area contributed by atoms with Gasteiger partial charge in [0, 0.05) is 9.80 Å². The fourth-order valence-electron chi connectivity index (χ4n) is 1.23. The van der Waals surface area contributed by atoms with Crippen LogP contribution in [0.2, 0.25) is 0 Å². The SMILES string of the molecule is N#Cc1c(Br)cc(CBr)cc1CC(=O)O. The number of nitrogens with zero attached hydrogens (tertiary/aromatic N) is 1. The molecule has 0 spiro atoms. The third kappa shape index (κ3) is 3.05. The molecule has 1 N–H and O–H groups in total. The van der Waals surface area contributed by atoms with Gasteiger partial charge in [-0.15, -0.1) is 0 Å². The molecule has 0 aromatic heterocycles. The number of nitriles is 1. The minimum atomic E-state index is -0.940. The van der Waals surface area contributed by atoms with Crippen molar-refractivity contribution in [2.75, 3.05) is 0 Å². The summed E-state index contributed by atoms with van der Waals surface area (Å²) in [6.07, 6.45) is -0.137. The Bertz CT molecular complexity index is 438. The molecule has 15 heavy (non-hydrogen) atoms. The number of aliphatic carboxylic acids is 1. The molecular formula is C10H7Br2NO2. The van der Waals surface area contributed by atoms with Crippen molar-refractivity contribution in [2.45, 2.75) is 11.8 Å².